The van der Waals surface area contributed by atoms with Crippen molar-refractivity contribution >= 4 is 16.7 Å². The number of aromatic nitrogens is 1. The van der Waals surface area contributed by atoms with Crippen molar-refractivity contribution in [1.82, 2.24) is 4.98 Å². The van der Waals surface area contributed by atoms with Crippen molar-refractivity contribution < 1.29 is 9.47 Å². The first kappa shape index (κ1) is 12.9. The molecule has 1 aliphatic rings. The van der Waals surface area contributed by atoms with Gasteiger partial charge < -0.3 is 14.4 Å². The fourth-order valence-corrected chi connectivity index (χ4v) is 2.36. The molecule has 0 amide bonds. The minimum Gasteiger partial charge on any atom is -0.489 e. The lowest BCUT2D eigenvalue weighted by Crippen LogP contribution is -2.36. The summed E-state index contributed by atoms with van der Waals surface area (Å²) in [4.78, 5) is 6.98. The zero-order valence-corrected chi connectivity index (χ0v) is 11.4. The number of nitrogens with zero attached hydrogens (tertiary/aromatic N) is 2. The van der Waals surface area contributed by atoms with Crippen LogP contribution in [0.5, 0.6) is 5.75 Å². The summed E-state index contributed by atoms with van der Waals surface area (Å²) in [5.74, 6) is 1.85. The Morgan fingerprint density at radius 2 is 2.10 bits per heavy atom. The number of morpholine rings is 1. The van der Waals surface area contributed by atoms with Gasteiger partial charge in [-0.3, -0.25) is 0 Å². The van der Waals surface area contributed by atoms with Gasteiger partial charge in [0, 0.05) is 18.5 Å². The summed E-state index contributed by atoms with van der Waals surface area (Å²) in [5.41, 5.74) is 0.954. The van der Waals surface area contributed by atoms with Gasteiger partial charge in [-0.25, -0.2) is 4.98 Å². The van der Waals surface area contributed by atoms with Gasteiger partial charge in [-0.2, -0.15) is 0 Å². The van der Waals surface area contributed by atoms with Crippen molar-refractivity contribution in [3.63, 3.8) is 0 Å². The fourth-order valence-electron chi connectivity index (χ4n) is 2.36. The van der Waals surface area contributed by atoms with Crippen LogP contribution in [-0.4, -0.2) is 37.9 Å². The molecule has 0 saturated carbocycles. The number of rotatable bonds is 4. The first-order valence-electron chi connectivity index (χ1n) is 6.84. The Balaban J connectivity index is 1.92. The van der Waals surface area contributed by atoms with Crippen molar-refractivity contribution in [3.05, 3.63) is 43.0 Å². The highest BCUT2D eigenvalue weighted by atomic mass is 16.5. The predicted molar refractivity (Wildman–Crippen MR) is 80.5 cm³/mol. The van der Waals surface area contributed by atoms with Crippen molar-refractivity contribution in [3.8, 4) is 5.75 Å². The molecular formula is C16H18N2O2. The smallest absolute Gasteiger partial charge is 0.129 e. The van der Waals surface area contributed by atoms with Gasteiger partial charge in [0.1, 0.15) is 18.2 Å². The predicted octanol–water partition coefficient (Wildman–Crippen LogP) is 2.64. The maximum Gasteiger partial charge on any atom is 0.129 e. The minimum atomic E-state index is 0.504. The summed E-state index contributed by atoms with van der Waals surface area (Å²) in [5, 5.41) is 1.03. The lowest BCUT2D eigenvalue weighted by Gasteiger charge is -2.28. The molecule has 1 aliphatic heterocycles. The Hall–Kier alpha value is -2.07. The van der Waals surface area contributed by atoms with Crippen LogP contribution in [0.4, 0.5) is 5.82 Å². The molecule has 4 nitrogen and oxygen atoms in total. The molecule has 0 aliphatic carbocycles. The first-order chi connectivity index (χ1) is 9.88. The molecule has 2 aromatic rings. The Bertz CT molecular complexity index is 606. The molecular weight excluding hydrogens is 252 g/mol. The molecule has 1 saturated heterocycles. The van der Waals surface area contributed by atoms with E-state index in [0.717, 1.165) is 48.8 Å². The van der Waals surface area contributed by atoms with Gasteiger partial charge >= 0.3 is 0 Å². The van der Waals surface area contributed by atoms with E-state index in [-0.39, 0.29) is 0 Å². The van der Waals surface area contributed by atoms with Crippen LogP contribution in [0.2, 0.25) is 0 Å². The van der Waals surface area contributed by atoms with Crippen molar-refractivity contribution in [1.29, 1.82) is 0 Å². The lowest BCUT2D eigenvalue weighted by molar-refractivity contribution is 0.122. The molecule has 0 N–H and O–H groups in total. The average Bonchev–Trinajstić information content (AvgIpc) is 2.53. The molecule has 0 spiro atoms. The van der Waals surface area contributed by atoms with Crippen molar-refractivity contribution in [2.75, 3.05) is 37.8 Å². The van der Waals surface area contributed by atoms with Crippen LogP contribution in [0.1, 0.15) is 0 Å². The summed E-state index contributed by atoms with van der Waals surface area (Å²) < 4.78 is 11.0. The van der Waals surface area contributed by atoms with Crippen molar-refractivity contribution in [2.24, 2.45) is 0 Å². The Morgan fingerprint density at radius 3 is 2.90 bits per heavy atom. The van der Waals surface area contributed by atoms with E-state index in [1.807, 2.05) is 18.2 Å². The van der Waals surface area contributed by atoms with Gasteiger partial charge in [-0.1, -0.05) is 18.7 Å². The van der Waals surface area contributed by atoms with E-state index in [4.69, 9.17) is 14.5 Å². The SMILES string of the molecule is C=CCOc1cccc2nc(N3CCOCC3)ccc12. The van der Waals surface area contributed by atoms with Gasteiger partial charge in [-0.15, -0.1) is 0 Å². The number of hydrogen-bond donors (Lipinski definition) is 0. The van der Waals surface area contributed by atoms with Crippen LogP contribution in [0.25, 0.3) is 10.9 Å². The first-order valence-corrected chi connectivity index (χ1v) is 6.84. The third-order valence-electron chi connectivity index (χ3n) is 3.37. The van der Waals surface area contributed by atoms with E-state index in [0.29, 0.717) is 6.61 Å². The molecule has 3 rings (SSSR count). The summed E-state index contributed by atoms with van der Waals surface area (Å²) in [6.45, 7) is 7.50. The van der Waals surface area contributed by atoms with E-state index in [9.17, 15) is 0 Å². The van der Waals surface area contributed by atoms with Crippen LogP contribution in [-0.2, 0) is 4.74 Å². The Kier molecular flexibility index (Phi) is 3.83. The largest absolute Gasteiger partial charge is 0.489 e. The molecule has 1 fully saturated rings. The van der Waals surface area contributed by atoms with Crippen LogP contribution < -0.4 is 9.64 Å². The van der Waals surface area contributed by atoms with Gasteiger partial charge in [0.15, 0.2) is 0 Å². The normalized spacial score (nSPS) is 15.3. The monoisotopic (exact) mass is 270 g/mol. The molecule has 0 bridgehead atoms. The molecule has 0 radical (unpaired) electrons. The topological polar surface area (TPSA) is 34.6 Å². The molecule has 0 atom stereocenters. The van der Waals surface area contributed by atoms with E-state index in [1.165, 1.54) is 0 Å². The van der Waals surface area contributed by atoms with Crippen LogP contribution in [0, 0.1) is 0 Å². The zero-order chi connectivity index (χ0) is 13.8. The van der Waals surface area contributed by atoms with Crippen LogP contribution >= 0.6 is 0 Å². The van der Waals surface area contributed by atoms with Crippen LogP contribution in [0.3, 0.4) is 0 Å². The Morgan fingerprint density at radius 1 is 1.25 bits per heavy atom. The maximum atomic E-state index is 5.66. The highest BCUT2D eigenvalue weighted by molar-refractivity contribution is 5.86. The number of benzene rings is 1. The quantitative estimate of drug-likeness (QED) is 0.800. The molecule has 2 heterocycles. The zero-order valence-electron chi connectivity index (χ0n) is 11.4. The summed E-state index contributed by atoms with van der Waals surface area (Å²) in [6.07, 6.45) is 1.74. The molecule has 1 aromatic carbocycles. The number of hydrogen-bond acceptors (Lipinski definition) is 4. The van der Waals surface area contributed by atoms with E-state index >= 15 is 0 Å². The van der Waals surface area contributed by atoms with Gasteiger partial charge in [0.2, 0.25) is 0 Å². The van der Waals surface area contributed by atoms with Gasteiger partial charge in [-0.05, 0) is 24.3 Å². The summed E-state index contributed by atoms with van der Waals surface area (Å²) in [6, 6.07) is 10.1. The number of anilines is 1. The highest BCUT2D eigenvalue weighted by Gasteiger charge is 2.13. The maximum absolute atomic E-state index is 5.66. The Labute approximate surface area is 118 Å². The summed E-state index contributed by atoms with van der Waals surface area (Å²) >= 11 is 0. The van der Waals surface area contributed by atoms with Crippen molar-refractivity contribution in [2.45, 2.75) is 0 Å². The standard InChI is InChI=1S/C16H18N2O2/c1-2-10-20-15-5-3-4-14-13(15)6-7-16(17-14)18-8-11-19-12-9-18/h2-7H,1,8-12H2. The van der Waals surface area contributed by atoms with E-state index < -0.39 is 0 Å². The van der Waals surface area contributed by atoms with E-state index in [2.05, 4.69) is 23.6 Å². The lowest BCUT2D eigenvalue weighted by atomic mass is 10.2. The molecule has 4 heteroatoms. The van der Waals surface area contributed by atoms with Gasteiger partial charge in [0.25, 0.3) is 0 Å². The molecule has 0 unspecified atom stereocenters. The third-order valence-corrected chi connectivity index (χ3v) is 3.37. The third kappa shape index (κ3) is 2.60. The van der Waals surface area contributed by atoms with E-state index in [1.54, 1.807) is 6.08 Å². The average molecular weight is 270 g/mol. The molecule has 20 heavy (non-hydrogen) atoms. The molecule has 1 aromatic heterocycles. The number of pyridine rings is 1. The highest BCUT2D eigenvalue weighted by Crippen LogP contribution is 2.27. The summed E-state index contributed by atoms with van der Waals surface area (Å²) in [7, 11) is 0. The van der Waals surface area contributed by atoms with Gasteiger partial charge in [0.05, 0.1) is 18.7 Å². The minimum absolute atomic E-state index is 0.504. The fraction of sp³-hybridized carbons (Fsp3) is 0.312. The number of ether oxygens (including phenoxy) is 2. The second-order valence-corrected chi connectivity index (χ2v) is 4.69. The van der Waals surface area contributed by atoms with Crippen LogP contribution in [0.15, 0.2) is 43.0 Å². The second-order valence-electron chi connectivity index (χ2n) is 4.69. The number of fused-ring (bicyclic) bond motifs is 1. The second kappa shape index (κ2) is 5.92. The molecule has 104 valence electrons.